The van der Waals surface area contributed by atoms with Gasteiger partial charge in [-0.3, -0.25) is 9.89 Å². The molecule has 0 fully saturated rings. The van der Waals surface area contributed by atoms with E-state index in [1.807, 2.05) is 0 Å². The lowest BCUT2D eigenvalue weighted by Gasteiger charge is -2.06. The van der Waals surface area contributed by atoms with E-state index in [0.717, 1.165) is 10.9 Å². The van der Waals surface area contributed by atoms with Gasteiger partial charge >= 0.3 is 0 Å². The molecule has 1 aromatic carbocycles. The second-order valence-electron chi connectivity index (χ2n) is 3.53. The lowest BCUT2D eigenvalue weighted by molar-refractivity contribution is 0.441. The monoisotopic (exact) mass is 420 g/mol. The highest BCUT2D eigenvalue weighted by atomic mass is 79.9. The number of aromatic hydroxyl groups is 2. The van der Waals surface area contributed by atoms with Crippen LogP contribution in [0.25, 0.3) is 0 Å². The summed E-state index contributed by atoms with van der Waals surface area (Å²) in [6.07, 6.45) is 2.25. The number of H-pyrrole nitrogens is 1. The molecule has 1 aromatic heterocycles. The molecule has 2 rings (SSSR count). The predicted molar refractivity (Wildman–Crippen MR) is 81.8 cm³/mol. The average molecular weight is 422 g/mol. The third-order valence-corrected chi connectivity index (χ3v) is 3.87. The van der Waals surface area contributed by atoms with E-state index in [1.165, 1.54) is 12.3 Å². The van der Waals surface area contributed by atoms with Gasteiger partial charge in [-0.15, -0.1) is 0 Å². The maximum atomic E-state index is 11.5. The Morgan fingerprint density at radius 1 is 1.40 bits per heavy atom. The summed E-state index contributed by atoms with van der Waals surface area (Å²) in [6.45, 7) is 0. The molecule has 0 unspecified atom stereocenters. The first-order valence-electron chi connectivity index (χ1n) is 5.03. The Bertz CT molecular complexity index is 787. The number of nitrogens with one attached hydrogen (secondary N) is 1. The lowest BCUT2D eigenvalue weighted by atomic mass is 10.2. The first kappa shape index (κ1) is 14.9. The fourth-order valence-corrected chi connectivity index (χ4v) is 2.63. The van der Waals surface area contributed by atoms with Crippen LogP contribution in [-0.4, -0.2) is 31.3 Å². The third-order valence-electron chi connectivity index (χ3n) is 2.25. The van der Waals surface area contributed by atoms with Crippen LogP contribution in [0.1, 0.15) is 5.56 Å². The molecule has 0 radical (unpaired) electrons. The number of halogens is 2. The quantitative estimate of drug-likeness (QED) is 0.509. The van der Waals surface area contributed by atoms with Crippen LogP contribution in [-0.2, 0) is 0 Å². The van der Waals surface area contributed by atoms with Gasteiger partial charge in [-0.2, -0.15) is 14.9 Å². The molecule has 0 saturated carbocycles. The van der Waals surface area contributed by atoms with E-state index in [1.54, 1.807) is 0 Å². The maximum absolute atomic E-state index is 11.5. The summed E-state index contributed by atoms with van der Waals surface area (Å²) < 4.78 is 1.40. The largest absolute Gasteiger partial charge is 0.506 e. The number of rotatable bonds is 2. The van der Waals surface area contributed by atoms with Gasteiger partial charge in [-0.1, -0.05) is 0 Å². The van der Waals surface area contributed by atoms with Crippen LogP contribution in [0.2, 0.25) is 0 Å². The van der Waals surface area contributed by atoms with E-state index in [4.69, 9.17) is 12.2 Å². The molecule has 7 nitrogen and oxygen atoms in total. The molecule has 0 bridgehead atoms. The molecule has 10 heteroatoms. The summed E-state index contributed by atoms with van der Waals surface area (Å²) in [6, 6.07) is 1.44. The van der Waals surface area contributed by atoms with Crippen LogP contribution >= 0.6 is 44.1 Å². The number of aromatic nitrogens is 3. The normalized spacial score (nSPS) is 11.1. The molecule has 0 amide bonds. The van der Waals surface area contributed by atoms with Crippen LogP contribution in [0.4, 0.5) is 0 Å². The van der Waals surface area contributed by atoms with E-state index in [2.05, 4.69) is 47.2 Å². The van der Waals surface area contributed by atoms with Gasteiger partial charge in [0.1, 0.15) is 22.2 Å². The van der Waals surface area contributed by atoms with Gasteiger partial charge in [0.05, 0.1) is 10.7 Å². The van der Waals surface area contributed by atoms with Gasteiger partial charge in [-0.05, 0) is 50.1 Å². The molecule has 2 aromatic rings. The molecule has 104 valence electrons. The van der Waals surface area contributed by atoms with Gasteiger partial charge in [0.15, 0.2) is 0 Å². The SMILES string of the molecule is O=c1cn[nH]c(=S)n1/N=C\c1cc(Br)c(O)c(Br)c1O. The van der Waals surface area contributed by atoms with Crippen molar-refractivity contribution in [1.82, 2.24) is 14.9 Å². The van der Waals surface area contributed by atoms with E-state index in [9.17, 15) is 15.0 Å². The van der Waals surface area contributed by atoms with Crippen molar-refractivity contribution < 1.29 is 10.2 Å². The summed E-state index contributed by atoms with van der Waals surface area (Å²) in [4.78, 5) is 11.5. The van der Waals surface area contributed by atoms with Crippen molar-refractivity contribution in [2.24, 2.45) is 5.10 Å². The number of aromatic amines is 1. The number of nitrogens with zero attached hydrogens (tertiary/aromatic N) is 3. The van der Waals surface area contributed by atoms with Crippen molar-refractivity contribution in [1.29, 1.82) is 0 Å². The molecule has 0 atom stereocenters. The Balaban J connectivity index is 2.53. The standard InChI is InChI=1S/C10H6Br2N4O3S/c11-5-1-4(8(18)7(12)9(5)19)2-14-16-6(17)3-13-15-10(16)20/h1-3,18-19H,(H,15,20)/b14-2-. The molecule has 0 aliphatic carbocycles. The number of phenols is 2. The number of hydrogen-bond acceptors (Lipinski definition) is 6. The predicted octanol–water partition coefficient (Wildman–Crippen LogP) is 2.12. The van der Waals surface area contributed by atoms with Gasteiger partial charge in [0.25, 0.3) is 5.56 Å². The Kier molecular flexibility index (Phi) is 4.35. The van der Waals surface area contributed by atoms with Crippen LogP contribution in [0.3, 0.4) is 0 Å². The van der Waals surface area contributed by atoms with Crippen molar-refractivity contribution in [3.05, 3.63) is 41.9 Å². The van der Waals surface area contributed by atoms with Gasteiger partial charge in [0.2, 0.25) is 4.77 Å². The lowest BCUT2D eigenvalue weighted by Crippen LogP contribution is -2.18. The topological polar surface area (TPSA) is 104 Å². The van der Waals surface area contributed by atoms with Crippen molar-refractivity contribution in [3.8, 4) is 11.5 Å². The molecule has 0 aliphatic heterocycles. The highest BCUT2D eigenvalue weighted by Gasteiger charge is 2.12. The van der Waals surface area contributed by atoms with Gasteiger partial charge < -0.3 is 10.2 Å². The maximum Gasteiger partial charge on any atom is 0.293 e. The van der Waals surface area contributed by atoms with E-state index < -0.39 is 5.56 Å². The summed E-state index contributed by atoms with van der Waals surface area (Å²) in [5.74, 6) is -0.357. The molecule has 0 aliphatic rings. The minimum Gasteiger partial charge on any atom is -0.506 e. The molecule has 1 heterocycles. The molecular weight excluding hydrogens is 416 g/mol. The van der Waals surface area contributed by atoms with Crippen LogP contribution in [0.5, 0.6) is 11.5 Å². The Morgan fingerprint density at radius 2 is 2.10 bits per heavy atom. The van der Waals surface area contributed by atoms with E-state index in [-0.39, 0.29) is 26.3 Å². The zero-order valence-corrected chi connectivity index (χ0v) is 13.5. The molecule has 0 spiro atoms. The smallest absolute Gasteiger partial charge is 0.293 e. The molecule has 3 N–H and O–H groups in total. The summed E-state index contributed by atoms with van der Waals surface area (Å²) in [7, 11) is 0. The Morgan fingerprint density at radius 3 is 2.75 bits per heavy atom. The van der Waals surface area contributed by atoms with Crippen LogP contribution in [0.15, 0.2) is 31.1 Å². The van der Waals surface area contributed by atoms with Crippen LogP contribution < -0.4 is 5.56 Å². The van der Waals surface area contributed by atoms with Crippen molar-refractivity contribution >= 4 is 50.3 Å². The molecule has 20 heavy (non-hydrogen) atoms. The first-order valence-corrected chi connectivity index (χ1v) is 7.02. The highest BCUT2D eigenvalue weighted by molar-refractivity contribution is 9.11. The fraction of sp³-hybridized carbons (Fsp3) is 0. The second-order valence-corrected chi connectivity index (χ2v) is 5.56. The van der Waals surface area contributed by atoms with Crippen LogP contribution in [0, 0.1) is 4.77 Å². The Hall–Kier alpha value is -1.52. The van der Waals surface area contributed by atoms with Crippen molar-refractivity contribution in [2.45, 2.75) is 0 Å². The number of hydrogen-bond donors (Lipinski definition) is 3. The molecular formula is C10H6Br2N4O3S. The zero-order chi connectivity index (χ0) is 14.9. The Labute approximate surface area is 133 Å². The van der Waals surface area contributed by atoms with Gasteiger partial charge in [0, 0.05) is 5.56 Å². The highest BCUT2D eigenvalue weighted by Crippen LogP contribution is 2.40. The van der Waals surface area contributed by atoms with E-state index >= 15 is 0 Å². The first-order chi connectivity index (χ1) is 9.41. The number of benzene rings is 1. The summed E-state index contributed by atoms with van der Waals surface area (Å²) in [5.41, 5.74) is -0.235. The second kappa shape index (κ2) is 5.85. The summed E-state index contributed by atoms with van der Waals surface area (Å²) >= 11 is 11.0. The minimum absolute atomic E-state index is 0.0187. The minimum atomic E-state index is -0.513. The van der Waals surface area contributed by atoms with Gasteiger partial charge in [-0.25, -0.2) is 0 Å². The fourth-order valence-electron chi connectivity index (χ4n) is 1.29. The van der Waals surface area contributed by atoms with E-state index in [0.29, 0.717) is 4.47 Å². The van der Waals surface area contributed by atoms with Crippen molar-refractivity contribution in [2.75, 3.05) is 0 Å². The van der Waals surface area contributed by atoms with Crippen molar-refractivity contribution in [3.63, 3.8) is 0 Å². The molecule has 0 saturated heterocycles. The summed E-state index contributed by atoms with van der Waals surface area (Å²) in [5, 5.41) is 29.3. The number of phenolic OH excluding ortho intramolecular Hbond substituents is 2. The third kappa shape index (κ3) is 2.81. The average Bonchev–Trinajstić information content (AvgIpc) is 2.41. The zero-order valence-electron chi connectivity index (χ0n) is 9.54.